The summed E-state index contributed by atoms with van der Waals surface area (Å²) in [6.45, 7) is 4.84. The summed E-state index contributed by atoms with van der Waals surface area (Å²) in [4.78, 5) is 36.6. The van der Waals surface area contributed by atoms with Crippen LogP contribution < -0.4 is 15.4 Å². The van der Waals surface area contributed by atoms with Crippen molar-refractivity contribution < 1.29 is 23.5 Å². The number of amides is 1. The summed E-state index contributed by atoms with van der Waals surface area (Å²) in [6.07, 6.45) is 4.96. The molecule has 1 saturated heterocycles. The zero-order valence-corrected chi connectivity index (χ0v) is 27.1. The summed E-state index contributed by atoms with van der Waals surface area (Å²) in [7, 11) is 1.33. The van der Waals surface area contributed by atoms with E-state index in [1.807, 2.05) is 35.8 Å². The van der Waals surface area contributed by atoms with Gasteiger partial charge in [0.1, 0.15) is 11.9 Å². The highest BCUT2D eigenvalue weighted by molar-refractivity contribution is 7.98. The quantitative estimate of drug-likeness (QED) is 0.141. The molecule has 1 aliphatic heterocycles. The molecule has 244 valence electrons. The average Bonchev–Trinajstić information content (AvgIpc) is 3.55. The number of likely N-dealkylation sites (tertiary alicyclic amines) is 1. The van der Waals surface area contributed by atoms with E-state index in [1.165, 1.54) is 24.9 Å². The number of rotatable bonds is 13. The van der Waals surface area contributed by atoms with Gasteiger partial charge >= 0.3 is 5.97 Å². The van der Waals surface area contributed by atoms with Gasteiger partial charge in [0.05, 0.1) is 66.5 Å². The minimum Gasteiger partial charge on any atom is -0.474 e. The Hall–Kier alpha value is -4.93. The summed E-state index contributed by atoms with van der Waals surface area (Å²) in [6, 6.07) is 16.9. The third-order valence-electron chi connectivity index (χ3n) is 7.72. The van der Waals surface area contributed by atoms with Crippen LogP contribution in [0.4, 0.5) is 15.8 Å². The number of carbonyl (C=O) groups excluding carboxylic acids is 2. The standard InChI is InChI=1S/C34H36FN7O4S/c1-3-42-22-37-18-26(42)19-38-30-16-24(34(44)45-2)8-9-29(30)40-32(43)20-41-13-11-27(12-14-41)46-33-6-4-5-25(39-33)21-47-31-10-7-23(17-36)15-28(31)35/h4-10,15-16,18,22,27,38H,3,11-14,19-21H2,1-2H3,(H,40,43). The Bertz CT molecular complexity index is 1750. The predicted molar refractivity (Wildman–Crippen MR) is 177 cm³/mol. The number of thioether (sulfide) groups is 1. The number of esters is 1. The van der Waals surface area contributed by atoms with E-state index in [1.54, 1.807) is 42.9 Å². The molecule has 0 unspecified atom stereocenters. The van der Waals surface area contributed by atoms with E-state index >= 15 is 0 Å². The molecule has 0 atom stereocenters. The van der Waals surface area contributed by atoms with E-state index in [4.69, 9.17) is 14.7 Å². The maximum Gasteiger partial charge on any atom is 0.337 e. The van der Waals surface area contributed by atoms with Crippen molar-refractivity contribution in [1.82, 2.24) is 19.4 Å². The number of anilines is 2. The Morgan fingerprint density at radius 3 is 2.70 bits per heavy atom. The highest BCUT2D eigenvalue weighted by Crippen LogP contribution is 2.28. The zero-order valence-electron chi connectivity index (χ0n) is 26.2. The maximum atomic E-state index is 14.3. The van der Waals surface area contributed by atoms with Gasteiger partial charge in [-0.2, -0.15) is 5.26 Å². The number of nitriles is 1. The van der Waals surface area contributed by atoms with Gasteiger partial charge in [-0.3, -0.25) is 9.69 Å². The first-order valence-corrected chi connectivity index (χ1v) is 16.3. The highest BCUT2D eigenvalue weighted by Gasteiger charge is 2.23. The third kappa shape index (κ3) is 9.08. The first-order valence-electron chi connectivity index (χ1n) is 15.3. The molecule has 13 heteroatoms. The highest BCUT2D eigenvalue weighted by atomic mass is 32.2. The first-order chi connectivity index (χ1) is 22.8. The number of aryl methyl sites for hydroxylation is 1. The molecular formula is C34H36FN7O4S. The fourth-order valence-electron chi connectivity index (χ4n) is 5.20. The zero-order chi connectivity index (χ0) is 33.2. The second kappa shape index (κ2) is 16.1. The third-order valence-corrected chi connectivity index (χ3v) is 8.80. The van der Waals surface area contributed by atoms with Gasteiger partial charge in [-0.05, 0) is 62.2 Å². The molecule has 2 aromatic carbocycles. The molecule has 4 aromatic rings. The van der Waals surface area contributed by atoms with Crippen LogP contribution in [0.15, 0.2) is 72.0 Å². The number of carbonyl (C=O) groups is 2. The largest absolute Gasteiger partial charge is 0.474 e. The first kappa shape index (κ1) is 33.4. The smallest absolute Gasteiger partial charge is 0.337 e. The van der Waals surface area contributed by atoms with Gasteiger partial charge in [0.2, 0.25) is 11.8 Å². The molecule has 1 amide bonds. The SMILES string of the molecule is CCn1cncc1CNc1cc(C(=O)OC)ccc1NC(=O)CN1CCC(Oc2cccc(CSc3ccc(C#N)cc3F)n2)CC1. The molecule has 1 fully saturated rings. The lowest BCUT2D eigenvalue weighted by Crippen LogP contribution is -2.42. The molecule has 11 nitrogen and oxygen atoms in total. The van der Waals surface area contributed by atoms with E-state index in [0.29, 0.717) is 53.1 Å². The molecule has 0 spiro atoms. The van der Waals surface area contributed by atoms with Gasteiger partial charge in [0.25, 0.3) is 0 Å². The van der Waals surface area contributed by atoms with Crippen molar-refractivity contribution in [2.24, 2.45) is 0 Å². The second-order valence-electron chi connectivity index (χ2n) is 10.9. The van der Waals surface area contributed by atoms with Gasteiger partial charge in [-0.15, -0.1) is 11.8 Å². The lowest BCUT2D eigenvalue weighted by atomic mass is 10.1. The molecular weight excluding hydrogens is 621 g/mol. The van der Waals surface area contributed by atoms with Crippen LogP contribution in [0.5, 0.6) is 5.88 Å². The van der Waals surface area contributed by atoms with Crippen LogP contribution in [0.3, 0.4) is 0 Å². The predicted octanol–water partition coefficient (Wildman–Crippen LogP) is 5.48. The normalized spacial score (nSPS) is 13.5. The van der Waals surface area contributed by atoms with Crippen LogP contribution in [-0.4, -0.2) is 64.2 Å². The van der Waals surface area contributed by atoms with E-state index in [9.17, 15) is 14.0 Å². The number of piperidine rings is 1. The van der Waals surface area contributed by atoms with Crippen LogP contribution in [0.25, 0.3) is 0 Å². The monoisotopic (exact) mass is 657 g/mol. The van der Waals surface area contributed by atoms with Gasteiger partial charge in [-0.1, -0.05) is 6.07 Å². The van der Waals surface area contributed by atoms with Gasteiger partial charge in [0.15, 0.2) is 0 Å². The van der Waals surface area contributed by atoms with Crippen LogP contribution >= 0.6 is 11.8 Å². The van der Waals surface area contributed by atoms with Crippen molar-refractivity contribution in [2.75, 3.05) is 37.4 Å². The van der Waals surface area contributed by atoms with Crippen molar-refractivity contribution in [3.05, 3.63) is 95.5 Å². The number of hydrogen-bond donors (Lipinski definition) is 2. The number of imidazole rings is 1. The van der Waals surface area contributed by atoms with Crippen molar-refractivity contribution in [3.8, 4) is 11.9 Å². The summed E-state index contributed by atoms with van der Waals surface area (Å²) in [5.74, 6) is -0.0836. The Balaban J connectivity index is 1.12. The Labute approximate surface area is 277 Å². The molecule has 2 N–H and O–H groups in total. The lowest BCUT2D eigenvalue weighted by Gasteiger charge is -2.31. The maximum absolute atomic E-state index is 14.3. The van der Waals surface area contributed by atoms with Crippen molar-refractivity contribution in [1.29, 1.82) is 5.26 Å². The number of benzene rings is 2. The summed E-state index contributed by atoms with van der Waals surface area (Å²) in [5, 5.41) is 15.3. The molecule has 1 aliphatic rings. The molecule has 0 saturated carbocycles. The molecule has 0 radical (unpaired) electrons. The molecule has 0 aliphatic carbocycles. The van der Waals surface area contributed by atoms with E-state index in [-0.39, 0.29) is 24.1 Å². The number of pyridine rings is 1. The second-order valence-corrected chi connectivity index (χ2v) is 11.9. The molecule has 2 aromatic heterocycles. The minimum absolute atomic E-state index is 0.0427. The van der Waals surface area contributed by atoms with Crippen LogP contribution in [0, 0.1) is 17.1 Å². The molecule has 5 rings (SSSR count). The van der Waals surface area contributed by atoms with Crippen LogP contribution in [-0.2, 0) is 28.4 Å². The number of nitrogens with zero attached hydrogens (tertiary/aromatic N) is 5. The topological polar surface area (TPSA) is 134 Å². The molecule has 0 bridgehead atoms. The Kier molecular flexibility index (Phi) is 11.4. The minimum atomic E-state index is -0.464. The number of halogens is 1. The van der Waals surface area contributed by atoms with Crippen LogP contribution in [0.2, 0.25) is 0 Å². The van der Waals surface area contributed by atoms with E-state index < -0.39 is 11.8 Å². The Morgan fingerprint density at radius 2 is 1.96 bits per heavy atom. The lowest BCUT2D eigenvalue weighted by molar-refractivity contribution is -0.117. The van der Waals surface area contributed by atoms with E-state index in [2.05, 4.69) is 25.5 Å². The van der Waals surface area contributed by atoms with Crippen molar-refractivity contribution in [3.63, 3.8) is 0 Å². The fraction of sp³-hybridized carbons (Fsp3) is 0.324. The fourth-order valence-corrected chi connectivity index (χ4v) is 6.03. The number of methoxy groups -OCH3 is 1. The van der Waals surface area contributed by atoms with Gasteiger partial charge < -0.3 is 24.7 Å². The van der Waals surface area contributed by atoms with Crippen molar-refractivity contribution in [2.45, 2.75) is 49.6 Å². The molecule has 47 heavy (non-hydrogen) atoms. The van der Waals surface area contributed by atoms with Crippen LogP contribution in [0.1, 0.15) is 47.1 Å². The summed E-state index contributed by atoms with van der Waals surface area (Å²) >= 11 is 1.31. The van der Waals surface area contributed by atoms with Gasteiger partial charge in [-0.25, -0.2) is 19.2 Å². The number of aromatic nitrogens is 3. The summed E-state index contributed by atoms with van der Waals surface area (Å²) < 4.78 is 27.3. The average molecular weight is 658 g/mol. The number of ether oxygens (including phenoxy) is 2. The van der Waals surface area contributed by atoms with E-state index in [0.717, 1.165) is 30.8 Å². The Morgan fingerprint density at radius 1 is 1.13 bits per heavy atom. The van der Waals surface area contributed by atoms with Crippen molar-refractivity contribution >= 4 is 35.0 Å². The number of hydrogen-bond acceptors (Lipinski definition) is 10. The van der Waals surface area contributed by atoms with Gasteiger partial charge in [0, 0.05) is 42.5 Å². The molecule has 3 heterocycles. The number of nitrogens with one attached hydrogen (secondary N) is 2. The summed E-state index contributed by atoms with van der Waals surface area (Å²) in [5.41, 5.74) is 3.56.